The van der Waals surface area contributed by atoms with Gasteiger partial charge < -0.3 is 15.3 Å². The zero-order valence-corrected chi connectivity index (χ0v) is 12.2. The van der Waals surface area contributed by atoms with Crippen LogP contribution in [0, 0.1) is 10.1 Å². The predicted octanol–water partition coefficient (Wildman–Crippen LogP) is 2.16. The van der Waals surface area contributed by atoms with Crippen LogP contribution in [0.15, 0.2) is 48.5 Å². The van der Waals surface area contributed by atoms with E-state index in [0.717, 1.165) is 5.69 Å². The van der Waals surface area contributed by atoms with Crippen molar-refractivity contribution < 1.29 is 14.8 Å². The van der Waals surface area contributed by atoms with Crippen LogP contribution in [0.1, 0.15) is 10.4 Å². The number of likely N-dealkylation sites (tertiary alicyclic amines) is 1. The van der Waals surface area contributed by atoms with Crippen LogP contribution in [-0.2, 0) is 0 Å². The van der Waals surface area contributed by atoms with Gasteiger partial charge in [0.1, 0.15) is 5.69 Å². The summed E-state index contributed by atoms with van der Waals surface area (Å²) in [5.41, 5.74) is 1.12. The number of nitrogens with one attached hydrogen (secondary N) is 1. The lowest BCUT2D eigenvalue weighted by Crippen LogP contribution is -2.53. The number of carbonyl (C=O) groups is 1. The van der Waals surface area contributed by atoms with Gasteiger partial charge in [-0.1, -0.05) is 18.2 Å². The highest BCUT2D eigenvalue weighted by Gasteiger charge is 2.30. The molecule has 0 unspecified atom stereocenters. The maximum atomic E-state index is 12.2. The molecule has 3 rings (SSSR count). The number of benzene rings is 2. The molecular formula is C16H15N3O4. The van der Waals surface area contributed by atoms with Crippen molar-refractivity contribution in [2.24, 2.45) is 0 Å². The van der Waals surface area contributed by atoms with Gasteiger partial charge in [0.25, 0.3) is 11.6 Å². The Morgan fingerprint density at radius 1 is 1.22 bits per heavy atom. The van der Waals surface area contributed by atoms with Gasteiger partial charge in [0, 0.05) is 30.4 Å². The standard InChI is InChI=1S/C16H15N3O4/c20-13-9-18(10-13)16(21)11-6-7-14(15(8-11)19(22)23)17-12-4-2-1-3-5-12/h1-8,13,17,20H,9-10H2. The molecule has 0 spiro atoms. The molecule has 0 atom stereocenters. The Kier molecular flexibility index (Phi) is 3.94. The minimum atomic E-state index is -0.521. The minimum Gasteiger partial charge on any atom is -0.389 e. The molecule has 2 aromatic rings. The van der Waals surface area contributed by atoms with E-state index in [1.54, 1.807) is 18.2 Å². The Balaban J connectivity index is 1.87. The maximum Gasteiger partial charge on any atom is 0.293 e. The molecule has 1 aliphatic rings. The highest BCUT2D eigenvalue weighted by molar-refractivity contribution is 5.96. The number of hydrogen-bond acceptors (Lipinski definition) is 5. The molecule has 1 fully saturated rings. The maximum absolute atomic E-state index is 12.2. The minimum absolute atomic E-state index is 0.166. The molecule has 1 saturated heterocycles. The number of β-amino-alcohol motifs (C(OH)–C–C–N with tert-alkyl or cyclic N) is 1. The van der Waals surface area contributed by atoms with Gasteiger partial charge in [-0.05, 0) is 24.3 Å². The second kappa shape index (κ2) is 6.05. The molecule has 2 N–H and O–H groups in total. The van der Waals surface area contributed by atoms with Crippen molar-refractivity contribution in [1.82, 2.24) is 4.90 Å². The molecular weight excluding hydrogens is 298 g/mol. The zero-order chi connectivity index (χ0) is 16.4. The number of amides is 1. The van der Waals surface area contributed by atoms with Crippen LogP contribution in [0.3, 0.4) is 0 Å². The summed E-state index contributed by atoms with van der Waals surface area (Å²) >= 11 is 0. The fourth-order valence-electron chi connectivity index (χ4n) is 2.40. The van der Waals surface area contributed by atoms with Gasteiger partial charge in [0.2, 0.25) is 0 Å². The lowest BCUT2D eigenvalue weighted by Gasteiger charge is -2.35. The Labute approximate surface area is 132 Å². The molecule has 118 valence electrons. The van der Waals surface area contributed by atoms with E-state index < -0.39 is 11.0 Å². The van der Waals surface area contributed by atoms with Crippen molar-refractivity contribution in [1.29, 1.82) is 0 Å². The number of aliphatic hydroxyl groups is 1. The number of nitrogens with zero attached hydrogens (tertiary/aromatic N) is 2. The Bertz CT molecular complexity index is 742. The predicted molar refractivity (Wildman–Crippen MR) is 84.7 cm³/mol. The number of hydrogen-bond donors (Lipinski definition) is 2. The topological polar surface area (TPSA) is 95.7 Å². The van der Waals surface area contributed by atoms with Crippen LogP contribution in [0.5, 0.6) is 0 Å². The van der Waals surface area contributed by atoms with Gasteiger partial charge in [0.15, 0.2) is 0 Å². The fraction of sp³-hybridized carbons (Fsp3) is 0.188. The van der Waals surface area contributed by atoms with E-state index in [2.05, 4.69) is 5.32 Å². The monoisotopic (exact) mass is 313 g/mol. The van der Waals surface area contributed by atoms with Crippen molar-refractivity contribution in [2.75, 3.05) is 18.4 Å². The van der Waals surface area contributed by atoms with E-state index in [1.807, 2.05) is 18.2 Å². The number of carbonyl (C=O) groups excluding carboxylic acids is 1. The molecule has 0 saturated carbocycles. The summed E-state index contributed by atoms with van der Waals surface area (Å²) in [7, 11) is 0. The number of nitro groups is 1. The fourth-order valence-corrected chi connectivity index (χ4v) is 2.40. The number of anilines is 2. The molecule has 7 nitrogen and oxygen atoms in total. The average molecular weight is 313 g/mol. The lowest BCUT2D eigenvalue weighted by molar-refractivity contribution is -0.383. The summed E-state index contributed by atoms with van der Waals surface area (Å²) in [5.74, 6) is -0.315. The van der Waals surface area contributed by atoms with Crippen LogP contribution in [0.25, 0.3) is 0 Å². The first-order chi connectivity index (χ1) is 11.0. The average Bonchev–Trinajstić information content (AvgIpc) is 2.52. The lowest BCUT2D eigenvalue weighted by atomic mass is 10.1. The van der Waals surface area contributed by atoms with E-state index in [0.29, 0.717) is 5.69 Å². The van der Waals surface area contributed by atoms with Crippen LogP contribution in [-0.4, -0.2) is 40.0 Å². The second-order valence-electron chi connectivity index (χ2n) is 5.34. The molecule has 0 aliphatic carbocycles. The van der Waals surface area contributed by atoms with E-state index in [9.17, 15) is 20.0 Å². The molecule has 7 heteroatoms. The summed E-state index contributed by atoms with van der Waals surface area (Å²) < 4.78 is 0. The third-order valence-corrected chi connectivity index (χ3v) is 3.64. The quantitative estimate of drug-likeness (QED) is 0.666. The zero-order valence-electron chi connectivity index (χ0n) is 12.2. The van der Waals surface area contributed by atoms with Gasteiger partial charge >= 0.3 is 0 Å². The largest absolute Gasteiger partial charge is 0.389 e. The number of aliphatic hydroxyl groups excluding tert-OH is 1. The van der Waals surface area contributed by atoms with Crippen molar-refractivity contribution in [3.8, 4) is 0 Å². The van der Waals surface area contributed by atoms with Crippen LogP contribution in [0.4, 0.5) is 17.1 Å². The molecule has 0 aromatic heterocycles. The first-order valence-corrected chi connectivity index (χ1v) is 7.12. The number of rotatable bonds is 4. The summed E-state index contributed by atoms with van der Waals surface area (Å²) in [5, 5.41) is 23.5. The Morgan fingerprint density at radius 2 is 1.91 bits per heavy atom. The molecule has 1 heterocycles. The third kappa shape index (κ3) is 3.14. The first kappa shape index (κ1) is 15.0. The van der Waals surface area contributed by atoms with Crippen LogP contribution < -0.4 is 5.32 Å². The Hall–Kier alpha value is -2.93. The summed E-state index contributed by atoms with van der Waals surface area (Å²) in [6.07, 6.45) is -0.507. The molecule has 0 bridgehead atoms. The van der Waals surface area contributed by atoms with Crippen LogP contribution >= 0.6 is 0 Å². The van der Waals surface area contributed by atoms with Crippen molar-refractivity contribution in [3.05, 3.63) is 64.2 Å². The number of nitro benzene ring substituents is 1. The van der Waals surface area contributed by atoms with Gasteiger partial charge in [-0.2, -0.15) is 0 Å². The molecule has 0 radical (unpaired) electrons. The Morgan fingerprint density at radius 3 is 2.52 bits per heavy atom. The highest BCUT2D eigenvalue weighted by atomic mass is 16.6. The molecule has 23 heavy (non-hydrogen) atoms. The van der Waals surface area contributed by atoms with E-state index in [1.165, 1.54) is 17.0 Å². The summed E-state index contributed by atoms with van der Waals surface area (Å²) in [4.78, 5) is 24.4. The smallest absolute Gasteiger partial charge is 0.293 e. The number of para-hydroxylation sites is 1. The molecule has 2 aromatic carbocycles. The van der Waals surface area contributed by atoms with Gasteiger partial charge in [-0.15, -0.1) is 0 Å². The first-order valence-electron chi connectivity index (χ1n) is 7.12. The summed E-state index contributed by atoms with van der Waals surface area (Å²) in [6, 6.07) is 13.4. The van der Waals surface area contributed by atoms with Crippen LogP contribution in [0.2, 0.25) is 0 Å². The van der Waals surface area contributed by atoms with Crippen molar-refractivity contribution in [3.63, 3.8) is 0 Å². The van der Waals surface area contributed by atoms with E-state index >= 15 is 0 Å². The SMILES string of the molecule is O=C(c1ccc(Nc2ccccc2)c([N+](=O)[O-])c1)N1CC(O)C1. The summed E-state index contributed by atoms with van der Waals surface area (Å²) in [6.45, 7) is 0.521. The van der Waals surface area contributed by atoms with Crippen molar-refractivity contribution in [2.45, 2.75) is 6.10 Å². The van der Waals surface area contributed by atoms with Crippen molar-refractivity contribution >= 4 is 23.0 Å². The van der Waals surface area contributed by atoms with E-state index in [-0.39, 0.29) is 30.2 Å². The van der Waals surface area contributed by atoms with Gasteiger partial charge in [-0.3, -0.25) is 14.9 Å². The second-order valence-corrected chi connectivity index (χ2v) is 5.34. The van der Waals surface area contributed by atoms with Gasteiger partial charge in [-0.25, -0.2) is 0 Å². The highest BCUT2D eigenvalue weighted by Crippen LogP contribution is 2.29. The van der Waals surface area contributed by atoms with E-state index in [4.69, 9.17) is 0 Å². The normalized spacial score (nSPS) is 14.2. The van der Waals surface area contributed by atoms with Gasteiger partial charge in [0.05, 0.1) is 11.0 Å². The third-order valence-electron chi connectivity index (χ3n) is 3.64. The molecule has 1 amide bonds. The molecule has 1 aliphatic heterocycles.